The summed E-state index contributed by atoms with van der Waals surface area (Å²) >= 11 is 0. The molecular weight excluding hydrogens is 300 g/mol. The Morgan fingerprint density at radius 2 is 1.96 bits per heavy atom. The number of benzene rings is 1. The summed E-state index contributed by atoms with van der Waals surface area (Å²) in [6.45, 7) is 2.46. The molecule has 4 N–H and O–H groups in total. The van der Waals surface area contributed by atoms with Gasteiger partial charge in [-0.1, -0.05) is 47.9 Å². The van der Waals surface area contributed by atoms with Crippen LogP contribution in [-0.4, -0.2) is 33.6 Å². The fourth-order valence-corrected chi connectivity index (χ4v) is 2.51. The predicted octanol–water partition coefficient (Wildman–Crippen LogP) is 1.42. The molecule has 6 nitrogen and oxygen atoms in total. The van der Waals surface area contributed by atoms with Gasteiger partial charge in [-0.2, -0.15) is 4.98 Å². The Bertz CT molecular complexity index is 858. The van der Waals surface area contributed by atoms with Crippen LogP contribution in [0, 0.1) is 11.8 Å². The number of anilines is 2. The van der Waals surface area contributed by atoms with Gasteiger partial charge in [0.15, 0.2) is 6.21 Å². The number of hydrazone groups is 1. The minimum Gasteiger partial charge on any atom is -0.382 e. The lowest BCUT2D eigenvalue weighted by Crippen LogP contribution is -2.08. The lowest BCUT2D eigenvalue weighted by atomic mass is 10.0. The van der Waals surface area contributed by atoms with Gasteiger partial charge in [-0.05, 0) is 23.0 Å². The molecule has 0 aliphatic carbocycles. The zero-order valence-corrected chi connectivity index (χ0v) is 13.5. The lowest BCUT2D eigenvalue weighted by Gasteiger charge is -2.04. The molecule has 120 valence electrons. The van der Waals surface area contributed by atoms with Crippen molar-refractivity contribution in [3.05, 3.63) is 47.2 Å². The number of aromatic nitrogens is 2. The van der Waals surface area contributed by atoms with Crippen LogP contribution in [0.4, 0.5) is 11.8 Å². The summed E-state index contributed by atoms with van der Waals surface area (Å²) in [4.78, 5) is 8.16. The van der Waals surface area contributed by atoms with E-state index in [-0.39, 0.29) is 11.9 Å². The molecule has 0 fully saturated rings. The van der Waals surface area contributed by atoms with Crippen molar-refractivity contribution < 1.29 is 4.68 Å². The Labute approximate surface area is 140 Å². The molecule has 6 heteroatoms. The SMILES string of the molecule is CCc1nc(N)nc(N)c1C#CC[N+]1=CC(c2ccccc2)C=N1. The highest BCUT2D eigenvalue weighted by molar-refractivity contribution is 5.90. The average Bonchev–Trinajstić information content (AvgIpc) is 3.06. The largest absolute Gasteiger partial charge is 0.382 e. The van der Waals surface area contributed by atoms with Gasteiger partial charge >= 0.3 is 0 Å². The van der Waals surface area contributed by atoms with E-state index in [1.807, 2.05) is 42.2 Å². The molecule has 1 unspecified atom stereocenters. The van der Waals surface area contributed by atoms with Gasteiger partial charge in [0.05, 0.1) is 17.5 Å². The van der Waals surface area contributed by atoms with Crippen LogP contribution < -0.4 is 11.5 Å². The van der Waals surface area contributed by atoms with Gasteiger partial charge in [-0.3, -0.25) is 0 Å². The quantitative estimate of drug-likeness (QED) is 0.661. The maximum atomic E-state index is 5.91. The van der Waals surface area contributed by atoms with E-state index in [0.29, 0.717) is 24.3 Å². The second kappa shape index (κ2) is 6.92. The van der Waals surface area contributed by atoms with Crippen LogP contribution in [0.25, 0.3) is 0 Å². The lowest BCUT2D eigenvalue weighted by molar-refractivity contribution is -0.513. The minimum atomic E-state index is 0.179. The number of hydrogen-bond acceptors (Lipinski definition) is 5. The molecule has 1 atom stereocenters. The van der Waals surface area contributed by atoms with E-state index in [1.165, 1.54) is 5.56 Å². The number of rotatable bonds is 3. The van der Waals surface area contributed by atoms with E-state index in [9.17, 15) is 0 Å². The molecule has 1 aromatic carbocycles. The highest BCUT2D eigenvalue weighted by Crippen LogP contribution is 2.15. The first kappa shape index (κ1) is 15.7. The van der Waals surface area contributed by atoms with E-state index in [0.717, 1.165) is 5.69 Å². The first-order valence-corrected chi connectivity index (χ1v) is 7.78. The number of nitrogens with two attached hydrogens (primary N) is 2. The Morgan fingerprint density at radius 3 is 2.71 bits per heavy atom. The van der Waals surface area contributed by atoms with Crippen molar-refractivity contribution in [2.75, 3.05) is 18.0 Å². The van der Waals surface area contributed by atoms with Gasteiger partial charge < -0.3 is 11.5 Å². The van der Waals surface area contributed by atoms with E-state index >= 15 is 0 Å². The second-order valence-corrected chi connectivity index (χ2v) is 5.39. The number of nitrogen functional groups attached to an aromatic ring is 2. The van der Waals surface area contributed by atoms with Crippen LogP contribution in [-0.2, 0) is 6.42 Å². The molecule has 1 aromatic heterocycles. The maximum absolute atomic E-state index is 5.91. The summed E-state index contributed by atoms with van der Waals surface area (Å²) in [5.41, 5.74) is 14.1. The summed E-state index contributed by atoms with van der Waals surface area (Å²) in [5.74, 6) is 6.82. The van der Waals surface area contributed by atoms with Crippen molar-refractivity contribution >= 4 is 24.2 Å². The van der Waals surface area contributed by atoms with Gasteiger partial charge in [-0.15, -0.1) is 0 Å². The molecule has 3 rings (SSSR count). The zero-order valence-electron chi connectivity index (χ0n) is 13.5. The normalized spacial score (nSPS) is 15.7. The van der Waals surface area contributed by atoms with E-state index in [2.05, 4.69) is 39.0 Å². The van der Waals surface area contributed by atoms with E-state index < -0.39 is 0 Å². The van der Waals surface area contributed by atoms with Crippen molar-refractivity contribution in [1.82, 2.24) is 9.97 Å². The maximum Gasteiger partial charge on any atom is 0.234 e. The van der Waals surface area contributed by atoms with Crippen LogP contribution in [0.1, 0.15) is 29.7 Å². The topological polar surface area (TPSA) is 93.2 Å². The van der Waals surface area contributed by atoms with Crippen molar-refractivity contribution in [2.45, 2.75) is 19.3 Å². The van der Waals surface area contributed by atoms with Crippen molar-refractivity contribution in [2.24, 2.45) is 5.10 Å². The number of hydrogen-bond donors (Lipinski definition) is 2. The highest BCUT2D eigenvalue weighted by Gasteiger charge is 2.19. The number of aryl methyl sites for hydroxylation is 1. The van der Waals surface area contributed by atoms with Gasteiger partial charge in [0.1, 0.15) is 11.7 Å². The Hall–Kier alpha value is -3.20. The van der Waals surface area contributed by atoms with Crippen LogP contribution in [0.2, 0.25) is 0 Å². The van der Waals surface area contributed by atoms with Gasteiger partial charge in [0, 0.05) is 0 Å². The number of nitrogens with zero attached hydrogens (tertiary/aromatic N) is 4. The van der Waals surface area contributed by atoms with Gasteiger partial charge in [0.25, 0.3) is 0 Å². The molecule has 24 heavy (non-hydrogen) atoms. The van der Waals surface area contributed by atoms with E-state index in [4.69, 9.17) is 11.5 Å². The summed E-state index contributed by atoms with van der Waals surface area (Å²) in [6, 6.07) is 10.2. The second-order valence-electron chi connectivity index (χ2n) is 5.39. The molecule has 1 aliphatic rings. The molecule has 1 aliphatic heterocycles. The third kappa shape index (κ3) is 3.41. The smallest absolute Gasteiger partial charge is 0.234 e. The minimum absolute atomic E-state index is 0.179. The first-order valence-electron chi connectivity index (χ1n) is 7.78. The predicted molar refractivity (Wildman–Crippen MR) is 96.0 cm³/mol. The average molecular weight is 319 g/mol. The zero-order chi connectivity index (χ0) is 16.9. The fraction of sp³-hybridized carbons (Fsp3) is 0.222. The molecule has 0 bridgehead atoms. The molecular formula is C18H19N6+. The molecule has 0 spiro atoms. The molecule has 2 heterocycles. The van der Waals surface area contributed by atoms with Crippen LogP contribution in [0.3, 0.4) is 0 Å². The van der Waals surface area contributed by atoms with Gasteiger partial charge in [-0.25, -0.2) is 4.98 Å². The van der Waals surface area contributed by atoms with Crippen molar-refractivity contribution in [3.8, 4) is 11.8 Å². The van der Waals surface area contributed by atoms with E-state index in [1.54, 1.807) is 0 Å². The molecule has 2 aromatic rings. The van der Waals surface area contributed by atoms with Crippen molar-refractivity contribution in [3.63, 3.8) is 0 Å². The Morgan fingerprint density at radius 1 is 1.17 bits per heavy atom. The molecule has 0 saturated carbocycles. The monoisotopic (exact) mass is 319 g/mol. The summed E-state index contributed by atoms with van der Waals surface area (Å²) in [5, 5.41) is 4.37. The van der Waals surface area contributed by atoms with Gasteiger partial charge in [0.2, 0.25) is 12.5 Å². The third-order valence-electron chi connectivity index (χ3n) is 3.71. The molecule has 0 radical (unpaired) electrons. The van der Waals surface area contributed by atoms with Crippen molar-refractivity contribution in [1.29, 1.82) is 0 Å². The van der Waals surface area contributed by atoms with Crippen LogP contribution >= 0.6 is 0 Å². The highest BCUT2D eigenvalue weighted by atomic mass is 15.4. The fourth-order valence-electron chi connectivity index (χ4n) is 2.51. The van der Waals surface area contributed by atoms with Crippen LogP contribution in [0.15, 0.2) is 35.4 Å². The summed E-state index contributed by atoms with van der Waals surface area (Å²) in [7, 11) is 0. The standard InChI is InChI=1S/C18H19N6/c1-2-16-15(17(19)23-18(20)22-16)9-6-10-24-12-14(11-21-24)13-7-4-3-5-8-13/h3-5,7-8,11-12,14H,2,10H2,1H3,(H4,19,20,22,23)/q+1. The third-order valence-corrected chi connectivity index (χ3v) is 3.71. The van der Waals surface area contributed by atoms with Crippen LogP contribution in [0.5, 0.6) is 0 Å². The summed E-state index contributed by atoms with van der Waals surface area (Å²) in [6.07, 6.45) is 4.66. The first-order chi connectivity index (χ1) is 11.7. The summed E-state index contributed by atoms with van der Waals surface area (Å²) < 4.78 is 1.82. The Kier molecular flexibility index (Phi) is 4.52. The Balaban J connectivity index is 1.75. The molecule has 0 amide bonds. The molecule has 0 saturated heterocycles.